The number of halogens is 1. The molecule has 0 aromatic heterocycles. The summed E-state index contributed by atoms with van der Waals surface area (Å²) in [7, 11) is 0. The van der Waals surface area contributed by atoms with Crippen LogP contribution in [0.3, 0.4) is 0 Å². The van der Waals surface area contributed by atoms with Crippen LogP contribution in [0.1, 0.15) is 38.5 Å². The van der Waals surface area contributed by atoms with E-state index in [0.29, 0.717) is 0 Å². The number of nitrogens with zero attached hydrogens (tertiary/aromatic N) is 2. The fourth-order valence-electron chi connectivity index (χ4n) is 4.36. The van der Waals surface area contributed by atoms with Crippen LogP contribution in [0.15, 0.2) is 24.3 Å². The molecule has 3 aliphatic rings. The number of rotatable bonds is 3. The average Bonchev–Trinajstić information content (AvgIpc) is 3.36. The Morgan fingerprint density at radius 3 is 2.48 bits per heavy atom. The number of likely N-dealkylation sites (tertiary alicyclic amines) is 1. The van der Waals surface area contributed by atoms with E-state index in [0.717, 1.165) is 56.9 Å². The molecule has 2 aliphatic heterocycles. The number of hydrogen-bond donors (Lipinski definition) is 0. The summed E-state index contributed by atoms with van der Waals surface area (Å²) in [6.45, 7) is 3.99. The zero-order valence-corrected chi connectivity index (χ0v) is 13.6. The molecule has 2 heterocycles. The average molecular weight is 316 g/mol. The first kappa shape index (κ1) is 15.1. The Bertz CT molecular complexity index is 580. The van der Waals surface area contributed by atoms with Crippen molar-refractivity contribution in [3.63, 3.8) is 0 Å². The Morgan fingerprint density at radius 2 is 1.78 bits per heavy atom. The van der Waals surface area contributed by atoms with Gasteiger partial charge in [0.1, 0.15) is 5.82 Å². The van der Waals surface area contributed by atoms with Gasteiger partial charge in [-0.15, -0.1) is 0 Å². The second kappa shape index (κ2) is 5.90. The molecule has 3 fully saturated rings. The van der Waals surface area contributed by atoms with Gasteiger partial charge >= 0.3 is 0 Å². The van der Waals surface area contributed by atoms with Gasteiger partial charge in [0, 0.05) is 25.3 Å². The maximum atomic E-state index is 13.2. The Labute approximate surface area is 137 Å². The van der Waals surface area contributed by atoms with Gasteiger partial charge in [-0.2, -0.15) is 0 Å². The van der Waals surface area contributed by atoms with E-state index in [1.165, 1.54) is 31.5 Å². The third-order valence-corrected chi connectivity index (χ3v) is 5.74. The summed E-state index contributed by atoms with van der Waals surface area (Å²) in [5.41, 5.74) is 0.634. The van der Waals surface area contributed by atoms with Crippen LogP contribution in [0.25, 0.3) is 0 Å². The molecule has 1 amide bonds. The van der Waals surface area contributed by atoms with Crippen LogP contribution in [0.2, 0.25) is 0 Å². The van der Waals surface area contributed by atoms with Gasteiger partial charge in [-0.3, -0.25) is 4.79 Å². The number of piperidine rings is 2. The standard InChI is InChI=1S/C19H25FN2O/c20-16-5-7-17(8-6-16)22-12-2-10-19(18(22)23)9-1-11-21(14-19)13-15-3-4-15/h5-8,15H,1-4,9-14H2. The van der Waals surface area contributed by atoms with Crippen LogP contribution in [0.4, 0.5) is 10.1 Å². The maximum absolute atomic E-state index is 13.2. The van der Waals surface area contributed by atoms with E-state index in [1.54, 1.807) is 12.1 Å². The molecule has 1 spiro atoms. The molecule has 0 radical (unpaired) electrons. The zero-order valence-electron chi connectivity index (χ0n) is 13.6. The van der Waals surface area contributed by atoms with E-state index >= 15 is 0 Å². The van der Waals surface area contributed by atoms with E-state index < -0.39 is 0 Å². The molecule has 1 aromatic rings. The van der Waals surface area contributed by atoms with Crippen LogP contribution in [-0.4, -0.2) is 37.0 Å². The third kappa shape index (κ3) is 3.01. The Balaban J connectivity index is 1.53. The van der Waals surface area contributed by atoms with Crippen LogP contribution < -0.4 is 4.90 Å². The van der Waals surface area contributed by atoms with Crippen molar-refractivity contribution in [2.45, 2.75) is 38.5 Å². The minimum atomic E-state index is -0.249. The highest BCUT2D eigenvalue weighted by molar-refractivity contribution is 5.98. The lowest BCUT2D eigenvalue weighted by Gasteiger charge is -2.47. The lowest BCUT2D eigenvalue weighted by Crippen LogP contribution is -2.56. The summed E-state index contributed by atoms with van der Waals surface area (Å²) >= 11 is 0. The first-order chi connectivity index (χ1) is 11.2. The van der Waals surface area contributed by atoms with Gasteiger partial charge in [-0.05, 0) is 75.3 Å². The van der Waals surface area contributed by atoms with Gasteiger partial charge in [-0.1, -0.05) is 0 Å². The molecule has 3 nitrogen and oxygen atoms in total. The lowest BCUT2D eigenvalue weighted by molar-refractivity contribution is -0.134. The molecular weight excluding hydrogens is 291 g/mol. The van der Waals surface area contributed by atoms with Crippen molar-refractivity contribution in [2.75, 3.05) is 31.1 Å². The van der Waals surface area contributed by atoms with Crippen LogP contribution in [0, 0.1) is 17.2 Å². The molecule has 4 heteroatoms. The largest absolute Gasteiger partial charge is 0.312 e. The molecule has 0 N–H and O–H groups in total. The molecule has 1 aromatic carbocycles. The molecular formula is C19H25FN2O. The second-order valence-electron chi connectivity index (χ2n) is 7.60. The van der Waals surface area contributed by atoms with Crippen molar-refractivity contribution >= 4 is 11.6 Å². The highest BCUT2D eigenvalue weighted by atomic mass is 19.1. The van der Waals surface area contributed by atoms with E-state index in [-0.39, 0.29) is 17.1 Å². The van der Waals surface area contributed by atoms with E-state index in [1.807, 2.05) is 4.90 Å². The lowest BCUT2D eigenvalue weighted by atomic mass is 9.72. The summed E-state index contributed by atoms with van der Waals surface area (Å²) < 4.78 is 13.2. The number of benzene rings is 1. The Kier molecular flexibility index (Phi) is 3.88. The first-order valence-electron chi connectivity index (χ1n) is 8.96. The van der Waals surface area contributed by atoms with Crippen LogP contribution in [-0.2, 0) is 4.79 Å². The molecule has 0 bridgehead atoms. The molecule has 124 valence electrons. The van der Waals surface area contributed by atoms with Gasteiger partial charge in [0.05, 0.1) is 5.41 Å². The van der Waals surface area contributed by atoms with Gasteiger partial charge < -0.3 is 9.80 Å². The van der Waals surface area contributed by atoms with Gasteiger partial charge in [0.25, 0.3) is 0 Å². The third-order valence-electron chi connectivity index (χ3n) is 5.74. The highest BCUT2D eigenvalue weighted by Gasteiger charge is 2.47. The molecule has 1 unspecified atom stereocenters. The Hall–Kier alpha value is -1.42. The Morgan fingerprint density at radius 1 is 1.09 bits per heavy atom. The van der Waals surface area contributed by atoms with Crippen LogP contribution in [0.5, 0.6) is 0 Å². The smallest absolute Gasteiger partial charge is 0.234 e. The molecule has 1 saturated carbocycles. The predicted molar refractivity (Wildman–Crippen MR) is 88.8 cm³/mol. The fraction of sp³-hybridized carbons (Fsp3) is 0.632. The molecule has 2 saturated heterocycles. The topological polar surface area (TPSA) is 23.6 Å². The van der Waals surface area contributed by atoms with Crippen molar-refractivity contribution in [1.29, 1.82) is 0 Å². The monoisotopic (exact) mass is 316 g/mol. The minimum absolute atomic E-state index is 0.209. The quantitative estimate of drug-likeness (QED) is 0.853. The number of carbonyl (C=O) groups is 1. The molecule has 23 heavy (non-hydrogen) atoms. The van der Waals surface area contributed by atoms with Crippen molar-refractivity contribution in [3.8, 4) is 0 Å². The van der Waals surface area contributed by atoms with E-state index in [9.17, 15) is 9.18 Å². The minimum Gasteiger partial charge on any atom is -0.312 e. The number of carbonyl (C=O) groups excluding carboxylic acids is 1. The van der Waals surface area contributed by atoms with Crippen LogP contribution >= 0.6 is 0 Å². The van der Waals surface area contributed by atoms with Crippen molar-refractivity contribution in [3.05, 3.63) is 30.1 Å². The highest BCUT2D eigenvalue weighted by Crippen LogP contribution is 2.42. The van der Waals surface area contributed by atoms with Crippen molar-refractivity contribution in [1.82, 2.24) is 4.90 Å². The summed E-state index contributed by atoms with van der Waals surface area (Å²) in [6, 6.07) is 6.36. The maximum Gasteiger partial charge on any atom is 0.234 e. The SMILES string of the molecule is O=C1N(c2ccc(F)cc2)CCCC12CCCN(CC1CC1)C2. The first-order valence-corrected chi connectivity index (χ1v) is 8.96. The number of hydrogen-bond acceptors (Lipinski definition) is 2. The number of amides is 1. The molecule has 1 aliphatic carbocycles. The van der Waals surface area contributed by atoms with Crippen molar-refractivity contribution in [2.24, 2.45) is 11.3 Å². The second-order valence-corrected chi connectivity index (χ2v) is 7.60. The molecule has 1 atom stereocenters. The summed E-state index contributed by atoms with van der Waals surface area (Å²) in [5.74, 6) is 0.883. The summed E-state index contributed by atoms with van der Waals surface area (Å²) in [4.78, 5) is 17.7. The predicted octanol–water partition coefficient (Wildman–Crippen LogP) is 3.44. The number of anilines is 1. The van der Waals surface area contributed by atoms with Gasteiger partial charge in [-0.25, -0.2) is 4.39 Å². The summed E-state index contributed by atoms with van der Waals surface area (Å²) in [5, 5.41) is 0. The van der Waals surface area contributed by atoms with Crippen molar-refractivity contribution < 1.29 is 9.18 Å². The molecule has 4 rings (SSSR count). The van der Waals surface area contributed by atoms with E-state index in [4.69, 9.17) is 0 Å². The normalized spacial score (nSPS) is 29.3. The van der Waals surface area contributed by atoms with Gasteiger partial charge in [0.15, 0.2) is 0 Å². The van der Waals surface area contributed by atoms with E-state index in [2.05, 4.69) is 4.90 Å². The van der Waals surface area contributed by atoms with Gasteiger partial charge in [0.2, 0.25) is 5.91 Å². The summed E-state index contributed by atoms with van der Waals surface area (Å²) in [6.07, 6.45) is 6.89. The zero-order chi connectivity index (χ0) is 15.9. The fourth-order valence-corrected chi connectivity index (χ4v) is 4.36.